The van der Waals surface area contributed by atoms with Crippen molar-refractivity contribution in [3.8, 4) is 0 Å². The fourth-order valence-electron chi connectivity index (χ4n) is 3.09. The van der Waals surface area contributed by atoms with Crippen LogP contribution in [0, 0.1) is 0 Å². The van der Waals surface area contributed by atoms with Gasteiger partial charge in [-0.15, -0.1) is 0 Å². The first kappa shape index (κ1) is 20.8. The fourth-order valence-corrected chi connectivity index (χ4v) is 3.09. The lowest BCUT2D eigenvalue weighted by Crippen LogP contribution is -2.42. The van der Waals surface area contributed by atoms with Crippen molar-refractivity contribution >= 4 is 0 Å². The van der Waals surface area contributed by atoms with Crippen molar-refractivity contribution in [2.45, 2.75) is 27.7 Å². The van der Waals surface area contributed by atoms with Crippen LogP contribution in [-0.4, -0.2) is 111 Å². The molecular formula is C18H40N4O. The van der Waals surface area contributed by atoms with E-state index in [1.54, 1.807) is 0 Å². The molecule has 1 heterocycles. The maximum absolute atomic E-state index is 5.82. The number of likely N-dealkylation sites (N-methyl/N-ethyl adjacent to an activating group) is 2. The molecule has 0 aliphatic carbocycles. The highest BCUT2D eigenvalue weighted by molar-refractivity contribution is 4.69. The third-order valence-electron chi connectivity index (χ3n) is 5.09. The standard InChI is InChI=1S/C18H40N4O/c1-5-19(6-2)9-11-21-13-14-22(16-18-23-17-15-21)12-10-20(7-3)8-4/h5-18H2,1-4H3. The summed E-state index contributed by atoms with van der Waals surface area (Å²) in [5, 5.41) is 0. The Morgan fingerprint density at radius 2 is 1.04 bits per heavy atom. The largest absolute Gasteiger partial charge is 0.379 e. The molecule has 0 spiro atoms. The molecule has 0 aromatic heterocycles. The SMILES string of the molecule is CCN(CC)CCN1CCOCCN(CCN(CC)CC)CC1. The summed E-state index contributed by atoms with van der Waals surface area (Å²) in [4.78, 5) is 10.2. The second-order valence-corrected chi connectivity index (χ2v) is 6.35. The Hall–Kier alpha value is -0.200. The third-order valence-corrected chi connectivity index (χ3v) is 5.09. The molecule has 0 radical (unpaired) electrons. The van der Waals surface area contributed by atoms with E-state index < -0.39 is 0 Å². The maximum Gasteiger partial charge on any atom is 0.0594 e. The van der Waals surface area contributed by atoms with Crippen LogP contribution in [0.3, 0.4) is 0 Å². The quantitative estimate of drug-likeness (QED) is 0.601. The Kier molecular flexibility index (Phi) is 11.9. The predicted molar refractivity (Wildman–Crippen MR) is 99.3 cm³/mol. The number of hydrogen-bond acceptors (Lipinski definition) is 5. The average Bonchev–Trinajstić information content (AvgIpc) is 2.69. The highest BCUT2D eigenvalue weighted by atomic mass is 16.5. The molecule has 0 N–H and O–H groups in total. The molecular weight excluding hydrogens is 288 g/mol. The zero-order valence-electron chi connectivity index (χ0n) is 16.1. The Bertz CT molecular complexity index is 244. The molecule has 1 aliphatic heterocycles. The van der Waals surface area contributed by atoms with Gasteiger partial charge in [-0.1, -0.05) is 27.7 Å². The van der Waals surface area contributed by atoms with Crippen molar-refractivity contribution in [1.82, 2.24) is 19.6 Å². The van der Waals surface area contributed by atoms with Gasteiger partial charge in [-0.3, -0.25) is 9.80 Å². The second kappa shape index (κ2) is 13.1. The van der Waals surface area contributed by atoms with E-state index in [9.17, 15) is 0 Å². The van der Waals surface area contributed by atoms with E-state index >= 15 is 0 Å². The minimum absolute atomic E-state index is 0.877. The third kappa shape index (κ3) is 9.01. The summed E-state index contributed by atoms with van der Waals surface area (Å²) in [6.45, 7) is 24.5. The monoisotopic (exact) mass is 328 g/mol. The summed E-state index contributed by atoms with van der Waals surface area (Å²) in [5.41, 5.74) is 0. The minimum Gasteiger partial charge on any atom is -0.379 e. The molecule has 1 saturated heterocycles. The molecule has 0 unspecified atom stereocenters. The van der Waals surface area contributed by atoms with E-state index in [0.29, 0.717) is 0 Å². The first-order valence-electron chi connectivity index (χ1n) is 9.70. The normalized spacial score (nSPS) is 19.0. The lowest BCUT2D eigenvalue weighted by atomic mass is 10.3. The van der Waals surface area contributed by atoms with E-state index in [2.05, 4.69) is 47.3 Å². The predicted octanol–water partition coefficient (Wildman–Crippen LogP) is 1.30. The molecule has 23 heavy (non-hydrogen) atoms. The summed E-state index contributed by atoms with van der Waals surface area (Å²) < 4.78 is 5.82. The second-order valence-electron chi connectivity index (χ2n) is 6.35. The maximum atomic E-state index is 5.82. The van der Waals surface area contributed by atoms with Crippen LogP contribution in [0.1, 0.15) is 27.7 Å². The summed E-state index contributed by atoms with van der Waals surface area (Å²) in [7, 11) is 0. The molecule has 0 aromatic carbocycles. The molecule has 1 fully saturated rings. The van der Waals surface area contributed by atoms with Crippen molar-refractivity contribution in [3.63, 3.8) is 0 Å². The van der Waals surface area contributed by atoms with Gasteiger partial charge < -0.3 is 14.5 Å². The van der Waals surface area contributed by atoms with Crippen molar-refractivity contribution in [1.29, 1.82) is 0 Å². The minimum atomic E-state index is 0.877. The zero-order chi connectivity index (χ0) is 16.9. The van der Waals surface area contributed by atoms with Crippen LogP contribution >= 0.6 is 0 Å². The van der Waals surface area contributed by atoms with Gasteiger partial charge in [0.15, 0.2) is 0 Å². The van der Waals surface area contributed by atoms with Crippen LogP contribution < -0.4 is 0 Å². The molecule has 138 valence electrons. The van der Waals surface area contributed by atoms with Crippen LogP contribution in [0.15, 0.2) is 0 Å². The van der Waals surface area contributed by atoms with Crippen LogP contribution in [0.5, 0.6) is 0 Å². The molecule has 1 rings (SSSR count). The van der Waals surface area contributed by atoms with E-state index in [0.717, 1.165) is 65.6 Å². The van der Waals surface area contributed by atoms with Gasteiger partial charge in [0.2, 0.25) is 0 Å². The number of hydrogen-bond donors (Lipinski definition) is 0. The number of ether oxygens (including phenoxy) is 1. The average molecular weight is 329 g/mol. The van der Waals surface area contributed by atoms with E-state index in [4.69, 9.17) is 4.74 Å². The van der Waals surface area contributed by atoms with Gasteiger partial charge >= 0.3 is 0 Å². The van der Waals surface area contributed by atoms with Gasteiger partial charge in [-0.2, -0.15) is 0 Å². The molecule has 5 nitrogen and oxygen atoms in total. The van der Waals surface area contributed by atoms with Crippen molar-refractivity contribution < 1.29 is 4.74 Å². The van der Waals surface area contributed by atoms with Gasteiger partial charge in [-0.05, 0) is 26.2 Å². The van der Waals surface area contributed by atoms with Gasteiger partial charge in [0, 0.05) is 52.4 Å². The molecule has 0 aromatic rings. The molecule has 1 aliphatic rings. The Labute approximate surface area is 144 Å². The van der Waals surface area contributed by atoms with Gasteiger partial charge in [0.05, 0.1) is 13.2 Å². The lowest BCUT2D eigenvalue weighted by molar-refractivity contribution is 0.101. The lowest BCUT2D eigenvalue weighted by Gasteiger charge is -2.29. The van der Waals surface area contributed by atoms with Crippen LogP contribution in [0.2, 0.25) is 0 Å². The van der Waals surface area contributed by atoms with Crippen molar-refractivity contribution in [3.05, 3.63) is 0 Å². The van der Waals surface area contributed by atoms with E-state index in [-0.39, 0.29) is 0 Å². The zero-order valence-corrected chi connectivity index (χ0v) is 16.1. The molecule has 0 saturated carbocycles. The number of nitrogens with zero attached hydrogens (tertiary/aromatic N) is 4. The Morgan fingerprint density at radius 1 is 0.652 bits per heavy atom. The Balaban J connectivity index is 2.38. The summed E-state index contributed by atoms with van der Waals surface area (Å²) in [6.07, 6.45) is 0. The van der Waals surface area contributed by atoms with Crippen molar-refractivity contribution in [2.75, 3.05) is 91.8 Å². The fraction of sp³-hybridized carbons (Fsp3) is 1.00. The Morgan fingerprint density at radius 3 is 1.39 bits per heavy atom. The topological polar surface area (TPSA) is 22.2 Å². The highest BCUT2D eigenvalue weighted by Crippen LogP contribution is 2.00. The van der Waals surface area contributed by atoms with E-state index in [1.807, 2.05) is 0 Å². The van der Waals surface area contributed by atoms with Crippen LogP contribution in [0.25, 0.3) is 0 Å². The van der Waals surface area contributed by atoms with Gasteiger partial charge in [0.1, 0.15) is 0 Å². The van der Waals surface area contributed by atoms with E-state index in [1.165, 1.54) is 26.2 Å². The highest BCUT2D eigenvalue weighted by Gasteiger charge is 2.13. The smallest absolute Gasteiger partial charge is 0.0594 e. The van der Waals surface area contributed by atoms with Crippen LogP contribution in [0.4, 0.5) is 0 Å². The van der Waals surface area contributed by atoms with Gasteiger partial charge in [0.25, 0.3) is 0 Å². The summed E-state index contributed by atoms with van der Waals surface area (Å²) in [5.74, 6) is 0. The summed E-state index contributed by atoms with van der Waals surface area (Å²) >= 11 is 0. The van der Waals surface area contributed by atoms with Crippen molar-refractivity contribution in [2.24, 2.45) is 0 Å². The van der Waals surface area contributed by atoms with Gasteiger partial charge in [-0.25, -0.2) is 0 Å². The molecule has 0 amide bonds. The molecule has 5 heteroatoms. The first-order valence-corrected chi connectivity index (χ1v) is 9.70. The molecule has 0 atom stereocenters. The summed E-state index contributed by atoms with van der Waals surface area (Å²) in [6, 6.07) is 0. The first-order chi connectivity index (χ1) is 11.2. The number of rotatable bonds is 10. The van der Waals surface area contributed by atoms with Crippen LogP contribution in [-0.2, 0) is 4.74 Å². The molecule has 0 bridgehead atoms.